The SMILES string of the molecule is COc1ccc2c(C(N)C3CCCCC3)cn(C)c2c1. The van der Waals surface area contributed by atoms with Crippen molar-refractivity contribution < 1.29 is 4.74 Å². The Morgan fingerprint density at radius 1 is 1.25 bits per heavy atom. The molecule has 1 aliphatic carbocycles. The van der Waals surface area contributed by atoms with E-state index >= 15 is 0 Å². The number of nitrogens with zero attached hydrogens (tertiary/aromatic N) is 1. The summed E-state index contributed by atoms with van der Waals surface area (Å²) < 4.78 is 7.48. The fraction of sp³-hybridized carbons (Fsp3) is 0.529. The number of hydrogen-bond acceptors (Lipinski definition) is 2. The van der Waals surface area contributed by atoms with Gasteiger partial charge < -0.3 is 15.0 Å². The van der Waals surface area contributed by atoms with Crippen LogP contribution in [0.25, 0.3) is 10.9 Å². The van der Waals surface area contributed by atoms with Crippen LogP contribution < -0.4 is 10.5 Å². The topological polar surface area (TPSA) is 40.2 Å². The van der Waals surface area contributed by atoms with Crippen molar-refractivity contribution in [2.45, 2.75) is 38.1 Å². The third kappa shape index (κ3) is 2.31. The van der Waals surface area contributed by atoms with E-state index in [9.17, 15) is 0 Å². The van der Waals surface area contributed by atoms with Crippen LogP contribution in [0.4, 0.5) is 0 Å². The molecule has 0 bridgehead atoms. The van der Waals surface area contributed by atoms with E-state index in [1.165, 1.54) is 48.6 Å². The Morgan fingerprint density at radius 2 is 2.00 bits per heavy atom. The highest BCUT2D eigenvalue weighted by Crippen LogP contribution is 2.37. The smallest absolute Gasteiger partial charge is 0.120 e. The molecule has 20 heavy (non-hydrogen) atoms. The molecule has 0 aliphatic heterocycles. The van der Waals surface area contributed by atoms with Gasteiger partial charge >= 0.3 is 0 Å². The van der Waals surface area contributed by atoms with Gasteiger partial charge in [-0.05, 0) is 36.5 Å². The first-order chi connectivity index (χ1) is 9.70. The maximum atomic E-state index is 6.58. The maximum absolute atomic E-state index is 6.58. The largest absolute Gasteiger partial charge is 0.497 e. The minimum absolute atomic E-state index is 0.160. The van der Waals surface area contributed by atoms with Crippen LogP contribution in [-0.2, 0) is 7.05 Å². The summed E-state index contributed by atoms with van der Waals surface area (Å²) in [6.45, 7) is 0. The Labute approximate surface area is 120 Å². The van der Waals surface area contributed by atoms with Crippen molar-refractivity contribution in [1.29, 1.82) is 0 Å². The predicted molar refractivity (Wildman–Crippen MR) is 83.0 cm³/mol. The number of hydrogen-bond donors (Lipinski definition) is 1. The van der Waals surface area contributed by atoms with Gasteiger partial charge in [-0.2, -0.15) is 0 Å². The molecule has 3 heteroatoms. The lowest BCUT2D eigenvalue weighted by Gasteiger charge is -2.27. The molecule has 1 atom stereocenters. The van der Waals surface area contributed by atoms with Gasteiger partial charge in [-0.1, -0.05) is 19.3 Å². The Hall–Kier alpha value is -1.48. The zero-order chi connectivity index (χ0) is 14.1. The van der Waals surface area contributed by atoms with Crippen molar-refractivity contribution in [1.82, 2.24) is 4.57 Å². The summed E-state index contributed by atoms with van der Waals surface area (Å²) in [6.07, 6.45) is 8.77. The van der Waals surface area contributed by atoms with Crippen molar-refractivity contribution >= 4 is 10.9 Å². The number of rotatable bonds is 3. The Balaban J connectivity index is 1.98. The van der Waals surface area contributed by atoms with Crippen LogP contribution in [0.3, 0.4) is 0 Å². The van der Waals surface area contributed by atoms with Gasteiger partial charge in [-0.25, -0.2) is 0 Å². The van der Waals surface area contributed by atoms with Crippen molar-refractivity contribution in [3.8, 4) is 5.75 Å². The van der Waals surface area contributed by atoms with E-state index < -0.39 is 0 Å². The first-order valence-corrected chi connectivity index (χ1v) is 7.59. The highest BCUT2D eigenvalue weighted by atomic mass is 16.5. The maximum Gasteiger partial charge on any atom is 0.120 e. The highest BCUT2D eigenvalue weighted by Gasteiger charge is 2.24. The zero-order valence-electron chi connectivity index (χ0n) is 12.4. The summed E-state index contributed by atoms with van der Waals surface area (Å²) in [5.41, 5.74) is 9.06. The monoisotopic (exact) mass is 272 g/mol. The van der Waals surface area contributed by atoms with Crippen LogP contribution in [0, 0.1) is 5.92 Å². The molecule has 2 N–H and O–H groups in total. The molecule has 0 saturated heterocycles. The van der Waals surface area contributed by atoms with Gasteiger partial charge in [0, 0.05) is 30.7 Å². The Bertz CT molecular complexity index is 596. The lowest BCUT2D eigenvalue weighted by molar-refractivity contribution is 0.309. The number of methoxy groups -OCH3 is 1. The van der Waals surface area contributed by atoms with E-state index in [1.54, 1.807) is 7.11 Å². The molecule has 1 fully saturated rings. The van der Waals surface area contributed by atoms with E-state index in [2.05, 4.69) is 29.9 Å². The van der Waals surface area contributed by atoms with Gasteiger partial charge in [0.25, 0.3) is 0 Å². The van der Waals surface area contributed by atoms with Gasteiger partial charge in [0.2, 0.25) is 0 Å². The van der Waals surface area contributed by atoms with Crippen molar-refractivity contribution in [2.24, 2.45) is 18.7 Å². The molecule has 3 nitrogen and oxygen atoms in total. The highest BCUT2D eigenvalue weighted by molar-refractivity contribution is 5.85. The van der Waals surface area contributed by atoms with E-state index in [0.717, 1.165) is 5.75 Å². The molecule has 0 radical (unpaired) electrons. The van der Waals surface area contributed by atoms with Gasteiger partial charge in [-0.15, -0.1) is 0 Å². The van der Waals surface area contributed by atoms with Crippen LogP contribution in [-0.4, -0.2) is 11.7 Å². The predicted octanol–water partition coefficient (Wildman–Crippen LogP) is 3.77. The van der Waals surface area contributed by atoms with E-state index in [1.807, 2.05) is 6.07 Å². The Kier molecular flexibility index (Phi) is 3.70. The third-order valence-electron chi connectivity index (χ3n) is 4.75. The molecular formula is C17H24N2O. The molecule has 3 rings (SSSR count). The molecule has 0 spiro atoms. The first kappa shape index (κ1) is 13.5. The van der Waals surface area contributed by atoms with Gasteiger partial charge in [0.15, 0.2) is 0 Å². The number of fused-ring (bicyclic) bond motifs is 1. The number of aromatic nitrogens is 1. The van der Waals surface area contributed by atoms with Crippen molar-refractivity contribution in [3.05, 3.63) is 30.0 Å². The fourth-order valence-electron chi connectivity index (χ4n) is 3.53. The zero-order valence-corrected chi connectivity index (χ0v) is 12.4. The standard InChI is InChI=1S/C17H24N2O/c1-19-11-15(17(18)12-6-4-3-5-7-12)14-9-8-13(20-2)10-16(14)19/h8-12,17H,3-7,18H2,1-2H3. The second-order valence-corrected chi connectivity index (χ2v) is 6.00. The van der Waals surface area contributed by atoms with Crippen LogP contribution in [0.5, 0.6) is 5.75 Å². The minimum Gasteiger partial charge on any atom is -0.497 e. The summed E-state index contributed by atoms with van der Waals surface area (Å²) in [5, 5.41) is 1.27. The second kappa shape index (κ2) is 5.49. The van der Waals surface area contributed by atoms with E-state index in [-0.39, 0.29) is 6.04 Å². The lowest BCUT2D eigenvalue weighted by Crippen LogP contribution is -2.23. The van der Waals surface area contributed by atoms with Gasteiger partial charge in [-0.3, -0.25) is 0 Å². The number of benzene rings is 1. The normalized spacial score (nSPS) is 18.4. The molecule has 2 aromatic rings. The number of ether oxygens (including phenoxy) is 1. The number of nitrogens with two attached hydrogens (primary N) is 1. The Morgan fingerprint density at radius 3 is 2.70 bits per heavy atom. The minimum atomic E-state index is 0.160. The van der Waals surface area contributed by atoms with Crippen LogP contribution >= 0.6 is 0 Å². The molecule has 1 aromatic heterocycles. The summed E-state index contributed by atoms with van der Waals surface area (Å²) in [4.78, 5) is 0. The summed E-state index contributed by atoms with van der Waals surface area (Å²) >= 11 is 0. The molecule has 0 amide bonds. The van der Waals surface area contributed by atoms with Crippen LogP contribution in [0.1, 0.15) is 43.7 Å². The van der Waals surface area contributed by atoms with Crippen LogP contribution in [0.2, 0.25) is 0 Å². The number of aryl methyl sites for hydroxylation is 1. The molecule has 1 aliphatic rings. The van der Waals surface area contributed by atoms with E-state index in [4.69, 9.17) is 10.5 Å². The van der Waals surface area contributed by atoms with Crippen LogP contribution in [0.15, 0.2) is 24.4 Å². The molecule has 1 aromatic carbocycles. The molecule has 108 valence electrons. The van der Waals surface area contributed by atoms with Crippen molar-refractivity contribution in [2.75, 3.05) is 7.11 Å². The molecule has 1 heterocycles. The third-order valence-corrected chi connectivity index (χ3v) is 4.75. The quantitative estimate of drug-likeness (QED) is 0.924. The molecule has 1 saturated carbocycles. The van der Waals surface area contributed by atoms with Gasteiger partial charge in [0.1, 0.15) is 5.75 Å². The van der Waals surface area contributed by atoms with Gasteiger partial charge in [0.05, 0.1) is 12.6 Å². The summed E-state index contributed by atoms with van der Waals surface area (Å²) in [6, 6.07) is 6.42. The van der Waals surface area contributed by atoms with Crippen molar-refractivity contribution in [3.63, 3.8) is 0 Å². The van der Waals surface area contributed by atoms with E-state index in [0.29, 0.717) is 5.92 Å². The summed E-state index contributed by atoms with van der Waals surface area (Å²) in [5.74, 6) is 1.54. The second-order valence-electron chi connectivity index (χ2n) is 6.00. The lowest BCUT2D eigenvalue weighted by atomic mass is 9.81. The molecule has 1 unspecified atom stereocenters. The summed E-state index contributed by atoms with van der Waals surface area (Å²) in [7, 11) is 3.79. The first-order valence-electron chi connectivity index (χ1n) is 7.59. The average molecular weight is 272 g/mol. The fourth-order valence-corrected chi connectivity index (χ4v) is 3.53. The average Bonchev–Trinajstić information content (AvgIpc) is 2.84. The molecular weight excluding hydrogens is 248 g/mol.